The first-order valence-electron chi connectivity index (χ1n) is 11.4. The van der Waals surface area contributed by atoms with Gasteiger partial charge in [-0.05, 0) is 61.9 Å². The summed E-state index contributed by atoms with van der Waals surface area (Å²) in [6.07, 6.45) is -0.0314. The number of sulfone groups is 1. The van der Waals surface area contributed by atoms with Gasteiger partial charge in [-0.1, -0.05) is 41.7 Å². The number of Topliss-reactive ketones (excluding diaryl/α,β-unsaturated/α-hetero) is 1. The van der Waals surface area contributed by atoms with Crippen molar-refractivity contribution in [2.24, 2.45) is 0 Å². The van der Waals surface area contributed by atoms with Gasteiger partial charge in [-0.2, -0.15) is 0 Å². The summed E-state index contributed by atoms with van der Waals surface area (Å²) in [7, 11) is -4.07. The maximum atomic E-state index is 13.2. The zero-order valence-corrected chi connectivity index (χ0v) is 24.5. The van der Waals surface area contributed by atoms with Crippen molar-refractivity contribution >= 4 is 85.4 Å². The second kappa shape index (κ2) is 13.1. The summed E-state index contributed by atoms with van der Waals surface area (Å²) in [5, 5.41) is 14.3. The van der Waals surface area contributed by atoms with E-state index < -0.39 is 32.7 Å². The number of ketones is 1. The van der Waals surface area contributed by atoms with Gasteiger partial charge in [0.1, 0.15) is 16.8 Å². The number of hydrogen-bond donors (Lipinski definition) is 3. The van der Waals surface area contributed by atoms with Crippen molar-refractivity contribution < 1.29 is 27.9 Å². The molecule has 39 heavy (non-hydrogen) atoms. The summed E-state index contributed by atoms with van der Waals surface area (Å²) >= 11 is 19.4. The van der Waals surface area contributed by atoms with E-state index in [2.05, 4.69) is 10.6 Å². The Balaban J connectivity index is 1.76. The van der Waals surface area contributed by atoms with Gasteiger partial charge in [0, 0.05) is 16.5 Å². The molecule has 3 rings (SSSR count). The number of aromatic hydroxyl groups is 1. The van der Waals surface area contributed by atoms with Crippen LogP contribution in [0.5, 0.6) is 5.75 Å². The zero-order valence-electron chi connectivity index (χ0n) is 20.6. The summed E-state index contributed by atoms with van der Waals surface area (Å²) in [4.78, 5) is 37.4. The number of phenolic OH excluding ortho intramolecular Hbond substituents is 1. The van der Waals surface area contributed by atoms with Gasteiger partial charge in [-0.25, -0.2) is 8.42 Å². The summed E-state index contributed by atoms with van der Waals surface area (Å²) in [5.74, 6) is -1.61. The van der Waals surface area contributed by atoms with Crippen LogP contribution in [0.2, 0.25) is 15.1 Å². The van der Waals surface area contributed by atoms with Crippen LogP contribution in [0.1, 0.15) is 30.6 Å². The molecule has 0 bridgehead atoms. The van der Waals surface area contributed by atoms with Crippen LogP contribution >= 0.6 is 46.6 Å². The molecule has 3 N–H and O–H groups in total. The fraction of sp³-hybridized carbons (Fsp3) is 0.192. The van der Waals surface area contributed by atoms with Crippen LogP contribution in [0.3, 0.4) is 0 Å². The van der Waals surface area contributed by atoms with Crippen LogP contribution in [0, 0.1) is 0 Å². The zero-order chi connectivity index (χ0) is 28.9. The number of phenols is 1. The van der Waals surface area contributed by atoms with Crippen LogP contribution in [0.15, 0.2) is 64.4 Å². The normalized spacial score (nSPS) is 12.0. The van der Waals surface area contributed by atoms with E-state index in [0.717, 1.165) is 11.0 Å². The van der Waals surface area contributed by atoms with E-state index in [9.17, 15) is 27.9 Å². The SMILES string of the molecule is CCC(C(=O)Nc1cc(O)c(NC(=O)c2ccc(Cl)c(Cl)c2)cc1Cl)S(=O)(=O)c1ccc(SCC(C)=O)cc1. The molecule has 13 heteroatoms. The van der Waals surface area contributed by atoms with Gasteiger partial charge in [0.25, 0.3) is 5.91 Å². The average Bonchev–Trinajstić information content (AvgIpc) is 2.87. The Morgan fingerprint density at radius 3 is 2.15 bits per heavy atom. The van der Waals surface area contributed by atoms with Crippen molar-refractivity contribution in [2.75, 3.05) is 16.4 Å². The molecule has 206 valence electrons. The lowest BCUT2D eigenvalue weighted by Crippen LogP contribution is -2.34. The summed E-state index contributed by atoms with van der Waals surface area (Å²) in [6.45, 7) is 3.02. The Morgan fingerprint density at radius 1 is 0.897 bits per heavy atom. The maximum Gasteiger partial charge on any atom is 0.255 e. The van der Waals surface area contributed by atoms with Gasteiger partial charge in [-0.15, -0.1) is 11.8 Å². The Kier molecular flexibility index (Phi) is 10.3. The number of rotatable bonds is 10. The minimum atomic E-state index is -4.07. The van der Waals surface area contributed by atoms with E-state index in [0.29, 0.717) is 0 Å². The van der Waals surface area contributed by atoms with E-state index in [-0.39, 0.29) is 54.9 Å². The van der Waals surface area contributed by atoms with Crippen LogP contribution in [-0.4, -0.2) is 42.1 Å². The molecule has 0 spiro atoms. The second-order valence-corrected chi connectivity index (χ2v) is 12.7. The molecule has 2 amide bonds. The summed E-state index contributed by atoms with van der Waals surface area (Å²) in [5.41, 5.74) is 0.0894. The molecule has 8 nitrogen and oxygen atoms in total. The summed E-state index contributed by atoms with van der Waals surface area (Å²) < 4.78 is 26.4. The van der Waals surface area contributed by atoms with Gasteiger partial charge in [-0.3, -0.25) is 14.4 Å². The molecule has 0 saturated heterocycles. The lowest BCUT2D eigenvalue weighted by Gasteiger charge is -2.18. The molecule has 0 aliphatic heterocycles. The first-order chi connectivity index (χ1) is 18.3. The van der Waals surface area contributed by atoms with Crippen molar-refractivity contribution in [1.29, 1.82) is 0 Å². The number of benzene rings is 3. The maximum absolute atomic E-state index is 13.2. The number of amides is 2. The monoisotopic (exact) mass is 628 g/mol. The average molecular weight is 630 g/mol. The van der Waals surface area contributed by atoms with Crippen LogP contribution in [-0.2, 0) is 19.4 Å². The Morgan fingerprint density at radius 2 is 1.56 bits per heavy atom. The smallest absolute Gasteiger partial charge is 0.255 e. The number of carbonyl (C=O) groups excluding carboxylic acids is 3. The van der Waals surface area contributed by atoms with Gasteiger partial charge in [0.15, 0.2) is 9.84 Å². The highest BCUT2D eigenvalue weighted by molar-refractivity contribution is 8.00. The molecule has 1 unspecified atom stereocenters. The summed E-state index contributed by atoms with van der Waals surface area (Å²) in [6, 6.07) is 12.5. The quantitative estimate of drug-likeness (QED) is 0.173. The molecular weight excluding hydrogens is 607 g/mol. The standard InChI is InChI=1S/C26H23Cl3N2O6S2/c1-3-24(39(36,37)17-7-5-16(6-8-17)38-13-14(2)32)26(35)30-21-12-23(33)22(11-20(21)29)31-25(34)15-4-9-18(27)19(28)10-15/h4-12,24,33H,3,13H2,1-2H3,(H,30,35)(H,31,34). The van der Waals surface area contributed by atoms with Gasteiger partial charge in [0.2, 0.25) is 5.91 Å². The van der Waals surface area contributed by atoms with E-state index in [1.165, 1.54) is 55.1 Å². The van der Waals surface area contributed by atoms with Crippen molar-refractivity contribution in [3.8, 4) is 5.75 Å². The predicted octanol–water partition coefficient (Wildman–Crippen LogP) is 6.48. The van der Waals surface area contributed by atoms with Crippen molar-refractivity contribution in [3.63, 3.8) is 0 Å². The minimum Gasteiger partial charge on any atom is -0.506 e. The first-order valence-corrected chi connectivity index (χ1v) is 15.1. The highest BCUT2D eigenvalue weighted by Gasteiger charge is 2.33. The topological polar surface area (TPSA) is 130 Å². The van der Waals surface area contributed by atoms with Crippen molar-refractivity contribution in [1.82, 2.24) is 0 Å². The molecule has 0 heterocycles. The van der Waals surface area contributed by atoms with E-state index in [1.807, 2.05) is 0 Å². The molecule has 0 aliphatic rings. The molecule has 0 fully saturated rings. The van der Waals surface area contributed by atoms with Crippen molar-refractivity contribution in [2.45, 2.75) is 35.3 Å². The molecule has 3 aromatic rings. The van der Waals surface area contributed by atoms with Crippen LogP contribution < -0.4 is 10.6 Å². The molecule has 1 atom stereocenters. The lowest BCUT2D eigenvalue weighted by molar-refractivity contribution is -0.116. The Bertz CT molecular complexity index is 1530. The number of thioether (sulfide) groups is 1. The number of hydrogen-bond acceptors (Lipinski definition) is 7. The van der Waals surface area contributed by atoms with Gasteiger partial charge >= 0.3 is 0 Å². The molecular formula is C26H23Cl3N2O6S2. The van der Waals surface area contributed by atoms with Crippen LogP contribution in [0.4, 0.5) is 11.4 Å². The van der Waals surface area contributed by atoms with E-state index in [1.54, 1.807) is 19.1 Å². The van der Waals surface area contributed by atoms with E-state index >= 15 is 0 Å². The highest BCUT2D eigenvalue weighted by atomic mass is 35.5. The lowest BCUT2D eigenvalue weighted by atomic mass is 10.2. The molecule has 3 aromatic carbocycles. The second-order valence-electron chi connectivity index (χ2n) is 8.33. The Labute approximate surface area is 245 Å². The third-order valence-electron chi connectivity index (χ3n) is 5.41. The largest absolute Gasteiger partial charge is 0.506 e. The fourth-order valence-corrected chi connectivity index (χ4v) is 6.25. The minimum absolute atomic E-state index is 0.00834. The first kappa shape index (κ1) is 30.8. The van der Waals surface area contributed by atoms with E-state index in [4.69, 9.17) is 34.8 Å². The molecule has 0 aliphatic carbocycles. The van der Waals surface area contributed by atoms with Gasteiger partial charge in [0.05, 0.1) is 37.1 Å². The van der Waals surface area contributed by atoms with Crippen LogP contribution in [0.25, 0.3) is 0 Å². The molecule has 0 aromatic heterocycles. The van der Waals surface area contributed by atoms with Gasteiger partial charge < -0.3 is 15.7 Å². The number of carbonyl (C=O) groups is 3. The molecule has 0 radical (unpaired) electrons. The third kappa shape index (κ3) is 7.67. The number of nitrogens with one attached hydrogen (secondary N) is 2. The Hall–Kier alpha value is -2.76. The molecule has 0 saturated carbocycles. The fourth-order valence-electron chi connectivity index (χ4n) is 3.42. The number of halogens is 3. The highest BCUT2D eigenvalue weighted by Crippen LogP contribution is 2.35. The number of anilines is 2. The third-order valence-corrected chi connectivity index (χ3v) is 9.84. The predicted molar refractivity (Wildman–Crippen MR) is 155 cm³/mol. The van der Waals surface area contributed by atoms with Crippen molar-refractivity contribution in [3.05, 3.63) is 75.2 Å².